The van der Waals surface area contributed by atoms with E-state index in [0.717, 1.165) is 5.56 Å². The molecule has 0 saturated carbocycles. The van der Waals surface area contributed by atoms with Crippen LogP contribution in [0, 0.1) is 0 Å². The number of hydrogen-bond donors (Lipinski definition) is 5. The Hall–Kier alpha value is -2.13. The molecule has 0 bridgehead atoms. The van der Waals surface area contributed by atoms with Crippen LogP contribution in [0.2, 0.25) is 0 Å². The molecule has 5 atom stereocenters. The van der Waals surface area contributed by atoms with E-state index >= 15 is 0 Å². The molecule has 0 spiro atoms. The SMILES string of the molecule is O=C1c2ccccc2Cc2cccc(C3(O)O[C@H](CO)[C@@H](O)[C@H](O)[C@H]3O)c21. The second kappa shape index (κ2) is 6.49. The largest absolute Gasteiger partial charge is 0.394 e. The van der Waals surface area contributed by atoms with Crippen LogP contribution < -0.4 is 0 Å². The average molecular weight is 372 g/mol. The summed E-state index contributed by atoms with van der Waals surface area (Å²) in [5.41, 5.74) is 2.19. The van der Waals surface area contributed by atoms with Gasteiger partial charge in [-0.15, -0.1) is 0 Å². The highest BCUT2D eigenvalue weighted by Crippen LogP contribution is 2.41. The molecule has 7 heteroatoms. The van der Waals surface area contributed by atoms with Crippen molar-refractivity contribution in [3.8, 4) is 0 Å². The van der Waals surface area contributed by atoms with Crippen molar-refractivity contribution < 1.29 is 35.1 Å². The lowest BCUT2D eigenvalue weighted by Gasteiger charge is -2.46. The van der Waals surface area contributed by atoms with Crippen LogP contribution in [-0.4, -0.2) is 62.3 Å². The monoisotopic (exact) mass is 372 g/mol. The lowest BCUT2D eigenvalue weighted by atomic mass is 9.78. The highest BCUT2D eigenvalue weighted by Gasteiger charge is 2.55. The normalized spacial score (nSPS) is 32.7. The van der Waals surface area contributed by atoms with Crippen LogP contribution in [0.25, 0.3) is 0 Å². The molecule has 1 unspecified atom stereocenters. The molecule has 1 fully saturated rings. The minimum Gasteiger partial charge on any atom is -0.394 e. The Morgan fingerprint density at radius 3 is 2.44 bits per heavy atom. The van der Waals surface area contributed by atoms with Gasteiger partial charge in [0, 0.05) is 16.7 Å². The zero-order valence-electron chi connectivity index (χ0n) is 14.3. The third-order valence-corrected chi connectivity index (χ3v) is 5.37. The molecule has 5 N–H and O–H groups in total. The maximum Gasteiger partial charge on any atom is 0.223 e. The second-order valence-electron chi connectivity index (χ2n) is 6.96. The summed E-state index contributed by atoms with van der Waals surface area (Å²) in [6.45, 7) is -0.681. The number of ether oxygens (including phenoxy) is 1. The summed E-state index contributed by atoms with van der Waals surface area (Å²) < 4.78 is 5.40. The molecule has 1 aliphatic carbocycles. The number of aliphatic hydroxyl groups excluding tert-OH is 4. The molecular formula is C20H20O7. The van der Waals surface area contributed by atoms with Gasteiger partial charge in [-0.05, 0) is 17.5 Å². The van der Waals surface area contributed by atoms with Gasteiger partial charge in [0.1, 0.15) is 24.4 Å². The standard InChI is InChI=1S/C20H20O7/c21-9-14-17(23)18(24)19(25)20(26,27-14)13-7-3-5-11-8-10-4-1-2-6-12(10)16(22)15(11)13/h1-7,14,17-19,21,23-26H,8-9H2/t14-,17-,18+,19-,20?/m1/s1. The van der Waals surface area contributed by atoms with Crippen LogP contribution in [0.4, 0.5) is 0 Å². The summed E-state index contributed by atoms with van der Waals surface area (Å²) in [5, 5.41) is 51.0. The number of rotatable bonds is 2. The first-order chi connectivity index (χ1) is 12.9. The predicted molar refractivity (Wildman–Crippen MR) is 93.0 cm³/mol. The van der Waals surface area contributed by atoms with Crippen LogP contribution >= 0.6 is 0 Å². The van der Waals surface area contributed by atoms with E-state index in [1.807, 2.05) is 12.1 Å². The molecule has 0 amide bonds. The summed E-state index contributed by atoms with van der Waals surface area (Å²) in [6, 6.07) is 11.9. The van der Waals surface area contributed by atoms with Gasteiger partial charge in [-0.3, -0.25) is 4.79 Å². The molecule has 4 rings (SSSR count). The highest BCUT2D eigenvalue weighted by molar-refractivity contribution is 6.13. The third-order valence-electron chi connectivity index (χ3n) is 5.37. The van der Waals surface area contributed by atoms with E-state index in [0.29, 0.717) is 17.5 Å². The van der Waals surface area contributed by atoms with Gasteiger partial charge in [0.2, 0.25) is 5.79 Å². The first-order valence-electron chi connectivity index (χ1n) is 8.68. The fourth-order valence-electron chi connectivity index (χ4n) is 3.93. The molecule has 7 nitrogen and oxygen atoms in total. The topological polar surface area (TPSA) is 127 Å². The Balaban J connectivity index is 1.86. The summed E-state index contributed by atoms with van der Waals surface area (Å²) in [4.78, 5) is 13.1. The summed E-state index contributed by atoms with van der Waals surface area (Å²) in [6.07, 6.45) is -6.11. The summed E-state index contributed by atoms with van der Waals surface area (Å²) in [5.74, 6) is -2.79. The average Bonchev–Trinajstić information content (AvgIpc) is 2.69. The van der Waals surface area contributed by atoms with Gasteiger partial charge < -0.3 is 30.3 Å². The number of aliphatic hydroxyl groups is 5. The zero-order chi connectivity index (χ0) is 19.3. The van der Waals surface area contributed by atoms with Gasteiger partial charge in [-0.25, -0.2) is 0 Å². The molecule has 0 radical (unpaired) electrons. The van der Waals surface area contributed by atoms with Crippen LogP contribution in [0.5, 0.6) is 0 Å². The second-order valence-corrected chi connectivity index (χ2v) is 6.96. The van der Waals surface area contributed by atoms with E-state index in [1.165, 1.54) is 6.07 Å². The molecule has 2 aromatic carbocycles. The Morgan fingerprint density at radius 1 is 1.00 bits per heavy atom. The number of carbonyl (C=O) groups excluding carboxylic acids is 1. The Bertz CT molecular complexity index is 894. The predicted octanol–water partition coefficient (Wildman–Crippen LogP) is -0.559. The number of carbonyl (C=O) groups is 1. The smallest absolute Gasteiger partial charge is 0.223 e. The van der Waals surface area contributed by atoms with E-state index < -0.39 is 36.8 Å². The Morgan fingerprint density at radius 2 is 1.70 bits per heavy atom. The van der Waals surface area contributed by atoms with Gasteiger partial charge in [-0.1, -0.05) is 42.5 Å². The first-order valence-corrected chi connectivity index (χ1v) is 8.68. The molecule has 2 aromatic rings. The van der Waals surface area contributed by atoms with E-state index in [4.69, 9.17) is 4.74 Å². The molecule has 1 heterocycles. The van der Waals surface area contributed by atoms with Gasteiger partial charge >= 0.3 is 0 Å². The fraction of sp³-hybridized carbons (Fsp3) is 0.350. The molecule has 142 valence electrons. The van der Waals surface area contributed by atoms with Crippen molar-refractivity contribution in [2.45, 2.75) is 36.6 Å². The van der Waals surface area contributed by atoms with E-state index in [2.05, 4.69) is 0 Å². The minimum atomic E-state index is -2.46. The summed E-state index contributed by atoms with van der Waals surface area (Å²) >= 11 is 0. The van der Waals surface area contributed by atoms with Crippen molar-refractivity contribution in [1.29, 1.82) is 0 Å². The Kier molecular flexibility index (Phi) is 4.38. The minimum absolute atomic E-state index is 0.00333. The molecular weight excluding hydrogens is 352 g/mol. The Labute approximate surface area is 155 Å². The van der Waals surface area contributed by atoms with Crippen LogP contribution in [-0.2, 0) is 16.9 Å². The van der Waals surface area contributed by atoms with E-state index in [-0.39, 0.29) is 16.9 Å². The maximum atomic E-state index is 13.1. The van der Waals surface area contributed by atoms with E-state index in [1.54, 1.807) is 24.3 Å². The number of benzene rings is 2. The third kappa shape index (κ3) is 2.63. The van der Waals surface area contributed by atoms with Gasteiger partial charge in [-0.2, -0.15) is 0 Å². The molecule has 0 aromatic heterocycles. The number of ketones is 1. The van der Waals surface area contributed by atoms with Gasteiger partial charge in [0.15, 0.2) is 5.78 Å². The van der Waals surface area contributed by atoms with Crippen molar-refractivity contribution >= 4 is 5.78 Å². The highest BCUT2D eigenvalue weighted by atomic mass is 16.7. The van der Waals surface area contributed by atoms with Crippen molar-refractivity contribution in [2.75, 3.05) is 6.61 Å². The molecule has 2 aliphatic rings. The van der Waals surface area contributed by atoms with Crippen molar-refractivity contribution in [1.82, 2.24) is 0 Å². The van der Waals surface area contributed by atoms with Crippen molar-refractivity contribution in [3.63, 3.8) is 0 Å². The van der Waals surface area contributed by atoms with Gasteiger partial charge in [0.05, 0.1) is 6.61 Å². The molecule has 1 aliphatic heterocycles. The molecule has 1 saturated heterocycles. The van der Waals surface area contributed by atoms with Crippen LogP contribution in [0.1, 0.15) is 32.6 Å². The first kappa shape index (κ1) is 18.2. The zero-order valence-corrected chi connectivity index (χ0v) is 14.3. The van der Waals surface area contributed by atoms with Crippen LogP contribution in [0.3, 0.4) is 0 Å². The van der Waals surface area contributed by atoms with Crippen molar-refractivity contribution in [3.05, 3.63) is 70.3 Å². The van der Waals surface area contributed by atoms with E-state index in [9.17, 15) is 30.3 Å². The lowest BCUT2D eigenvalue weighted by molar-refractivity contribution is -0.357. The fourth-order valence-corrected chi connectivity index (χ4v) is 3.93. The molecule has 27 heavy (non-hydrogen) atoms. The van der Waals surface area contributed by atoms with Crippen molar-refractivity contribution in [2.24, 2.45) is 0 Å². The number of fused-ring (bicyclic) bond motifs is 2. The van der Waals surface area contributed by atoms with Crippen LogP contribution in [0.15, 0.2) is 42.5 Å². The summed E-state index contributed by atoms with van der Waals surface area (Å²) in [7, 11) is 0. The quantitative estimate of drug-likeness (QED) is 0.408. The maximum absolute atomic E-state index is 13.1. The number of hydrogen-bond acceptors (Lipinski definition) is 7. The van der Waals surface area contributed by atoms with Gasteiger partial charge in [0.25, 0.3) is 0 Å². The lowest BCUT2D eigenvalue weighted by Crippen LogP contribution is -2.63.